The minimum Gasteiger partial charge on any atom is -0.481 e. The molecule has 7 nitrogen and oxygen atoms in total. The average Bonchev–Trinajstić information content (AvgIpc) is 2.85. The van der Waals surface area contributed by atoms with E-state index in [1.807, 2.05) is 37.3 Å². The van der Waals surface area contributed by atoms with Crippen LogP contribution < -0.4 is 14.8 Å². The fourth-order valence-electron chi connectivity index (χ4n) is 3.98. The first-order chi connectivity index (χ1) is 16.8. The molecule has 1 aliphatic heterocycles. The van der Waals surface area contributed by atoms with Gasteiger partial charge in [0.25, 0.3) is 5.91 Å². The second-order valence-corrected chi connectivity index (χ2v) is 8.82. The molecule has 0 spiro atoms. The number of ether oxygens (including phenoxy) is 2. The van der Waals surface area contributed by atoms with Gasteiger partial charge in [-0.2, -0.15) is 5.26 Å². The van der Waals surface area contributed by atoms with E-state index in [9.17, 15) is 14.7 Å². The predicted molar refractivity (Wildman–Crippen MR) is 130 cm³/mol. The molecule has 3 atom stereocenters. The lowest BCUT2D eigenvalue weighted by atomic mass is 9.91. The molecule has 0 radical (unpaired) electrons. The number of hydrogen-bond acceptors (Lipinski definition) is 5. The minimum absolute atomic E-state index is 0.0789. The Morgan fingerprint density at radius 3 is 2.54 bits per heavy atom. The third-order valence-corrected chi connectivity index (χ3v) is 5.97. The van der Waals surface area contributed by atoms with E-state index in [1.54, 1.807) is 36.4 Å². The Labute approximate surface area is 207 Å². The van der Waals surface area contributed by atoms with Crippen molar-refractivity contribution in [1.29, 1.82) is 5.26 Å². The molecule has 2 N–H and O–H groups in total. The third kappa shape index (κ3) is 5.92. The van der Waals surface area contributed by atoms with Gasteiger partial charge < -0.3 is 19.9 Å². The van der Waals surface area contributed by atoms with Gasteiger partial charge >= 0.3 is 5.97 Å². The largest absolute Gasteiger partial charge is 0.481 e. The van der Waals surface area contributed by atoms with E-state index in [0.29, 0.717) is 39.6 Å². The maximum atomic E-state index is 12.6. The molecule has 8 heteroatoms. The van der Waals surface area contributed by atoms with Crippen molar-refractivity contribution in [2.75, 3.05) is 0 Å². The smallest absolute Gasteiger partial charge is 0.311 e. The number of carbonyl (C=O) groups excluding carboxylic acids is 1. The van der Waals surface area contributed by atoms with Crippen LogP contribution in [0.1, 0.15) is 46.3 Å². The van der Waals surface area contributed by atoms with Gasteiger partial charge in [0.15, 0.2) is 0 Å². The van der Waals surface area contributed by atoms with Crippen molar-refractivity contribution in [3.05, 3.63) is 94.0 Å². The summed E-state index contributed by atoms with van der Waals surface area (Å²) in [5.41, 5.74) is 2.37. The van der Waals surface area contributed by atoms with Crippen LogP contribution in [0.3, 0.4) is 0 Å². The second-order valence-electron chi connectivity index (χ2n) is 8.39. The molecule has 0 aliphatic carbocycles. The van der Waals surface area contributed by atoms with E-state index in [4.69, 9.17) is 26.3 Å². The number of rotatable bonds is 7. The Morgan fingerprint density at radius 1 is 1.17 bits per heavy atom. The summed E-state index contributed by atoms with van der Waals surface area (Å²) in [4.78, 5) is 24.4. The molecule has 0 aromatic heterocycles. The molecule has 3 aromatic rings. The molecule has 178 valence electrons. The summed E-state index contributed by atoms with van der Waals surface area (Å²) in [6.45, 7) is 1.93. The standard InChI is InChI=1S/C27H23ClN2O5/c1-16(12-17-2-7-20(28)8-3-17)30-26(31)19-5-9-21(10-6-19)34-25-14-23(27(32)33)22-13-18(15-29)4-11-24(22)35-25/h2-11,13,16,23,25H,12,14H2,1H3,(H,30,31)(H,32,33). The molecule has 0 bridgehead atoms. The zero-order valence-corrected chi connectivity index (χ0v) is 19.7. The summed E-state index contributed by atoms with van der Waals surface area (Å²) in [7, 11) is 0. The molecule has 4 rings (SSSR count). The summed E-state index contributed by atoms with van der Waals surface area (Å²) in [6, 6.07) is 20.7. The lowest BCUT2D eigenvalue weighted by Gasteiger charge is -2.30. The van der Waals surface area contributed by atoms with Crippen LogP contribution in [-0.2, 0) is 11.2 Å². The summed E-state index contributed by atoms with van der Waals surface area (Å²) in [5, 5.41) is 22.4. The summed E-state index contributed by atoms with van der Waals surface area (Å²) in [5.74, 6) is -1.26. The highest BCUT2D eigenvalue weighted by Crippen LogP contribution is 2.37. The van der Waals surface area contributed by atoms with E-state index in [2.05, 4.69) is 5.32 Å². The molecule has 1 aliphatic rings. The van der Waals surface area contributed by atoms with E-state index >= 15 is 0 Å². The molecular formula is C27H23ClN2O5. The monoisotopic (exact) mass is 490 g/mol. The van der Waals surface area contributed by atoms with E-state index in [1.165, 1.54) is 6.07 Å². The first kappa shape index (κ1) is 24.1. The zero-order valence-electron chi connectivity index (χ0n) is 18.9. The number of carboxylic acid groups (broad SMARTS) is 1. The minimum atomic E-state index is -1.02. The van der Waals surface area contributed by atoms with Gasteiger partial charge in [0.2, 0.25) is 6.29 Å². The predicted octanol–water partition coefficient (Wildman–Crippen LogP) is 4.93. The van der Waals surface area contributed by atoms with Crippen LogP contribution in [-0.4, -0.2) is 29.3 Å². The van der Waals surface area contributed by atoms with Crippen molar-refractivity contribution in [2.45, 2.75) is 38.0 Å². The van der Waals surface area contributed by atoms with E-state index in [0.717, 1.165) is 5.56 Å². The number of halogens is 1. The first-order valence-corrected chi connectivity index (χ1v) is 11.5. The molecule has 3 aromatic carbocycles. The molecule has 0 saturated heterocycles. The van der Waals surface area contributed by atoms with Gasteiger partial charge in [0.1, 0.15) is 11.5 Å². The molecule has 0 fully saturated rings. The van der Waals surface area contributed by atoms with Crippen LogP contribution in [0.15, 0.2) is 66.7 Å². The van der Waals surface area contributed by atoms with Crippen LogP contribution in [0.4, 0.5) is 0 Å². The maximum absolute atomic E-state index is 12.6. The fourth-order valence-corrected chi connectivity index (χ4v) is 4.11. The van der Waals surface area contributed by atoms with Gasteiger partial charge in [-0.25, -0.2) is 0 Å². The van der Waals surface area contributed by atoms with Gasteiger partial charge in [0, 0.05) is 28.6 Å². The number of aliphatic carboxylic acids is 1. The van der Waals surface area contributed by atoms with Crippen molar-refractivity contribution in [3.8, 4) is 17.6 Å². The number of nitrogens with zero attached hydrogens (tertiary/aromatic N) is 1. The van der Waals surface area contributed by atoms with Crippen LogP contribution in [0.5, 0.6) is 11.5 Å². The number of carboxylic acids is 1. The summed E-state index contributed by atoms with van der Waals surface area (Å²) in [6.07, 6.45) is -0.0667. The van der Waals surface area contributed by atoms with E-state index < -0.39 is 18.2 Å². The van der Waals surface area contributed by atoms with Crippen molar-refractivity contribution >= 4 is 23.5 Å². The molecule has 1 amide bonds. The Hall–Kier alpha value is -4.02. The number of carbonyl (C=O) groups is 2. The first-order valence-electron chi connectivity index (χ1n) is 11.1. The SMILES string of the molecule is CC(Cc1ccc(Cl)cc1)NC(=O)c1ccc(OC2CC(C(=O)O)c3cc(C#N)ccc3O2)cc1. The van der Waals surface area contributed by atoms with Crippen LogP contribution >= 0.6 is 11.6 Å². The highest BCUT2D eigenvalue weighted by atomic mass is 35.5. The Morgan fingerprint density at radius 2 is 1.89 bits per heavy atom. The van der Waals surface area contributed by atoms with Crippen molar-refractivity contribution in [1.82, 2.24) is 5.32 Å². The van der Waals surface area contributed by atoms with Crippen molar-refractivity contribution in [2.24, 2.45) is 0 Å². The molecule has 0 saturated carbocycles. The topological polar surface area (TPSA) is 109 Å². The lowest BCUT2D eigenvalue weighted by molar-refractivity contribution is -0.141. The molecule has 3 unspecified atom stereocenters. The highest BCUT2D eigenvalue weighted by Gasteiger charge is 2.34. The quantitative estimate of drug-likeness (QED) is 0.486. The van der Waals surface area contributed by atoms with E-state index in [-0.39, 0.29) is 18.4 Å². The number of hydrogen-bond donors (Lipinski definition) is 2. The zero-order chi connectivity index (χ0) is 24.9. The van der Waals surface area contributed by atoms with Gasteiger partial charge in [-0.15, -0.1) is 0 Å². The van der Waals surface area contributed by atoms with Crippen LogP contribution in [0.2, 0.25) is 5.02 Å². The average molecular weight is 491 g/mol. The molecular weight excluding hydrogens is 468 g/mol. The van der Waals surface area contributed by atoms with Crippen LogP contribution in [0.25, 0.3) is 0 Å². The normalized spacial score (nSPS) is 17.3. The maximum Gasteiger partial charge on any atom is 0.311 e. The molecule has 35 heavy (non-hydrogen) atoms. The second kappa shape index (κ2) is 10.5. The number of fused-ring (bicyclic) bond motifs is 1. The Balaban J connectivity index is 1.38. The molecule has 1 heterocycles. The Kier molecular flexibility index (Phi) is 7.23. The third-order valence-electron chi connectivity index (χ3n) is 5.72. The lowest BCUT2D eigenvalue weighted by Crippen LogP contribution is -2.34. The number of amides is 1. The summed E-state index contributed by atoms with van der Waals surface area (Å²) >= 11 is 5.92. The van der Waals surface area contributed by atoms with Gasteiger partial charge in [-0.05, 0) is 73.5 Å². The van der Waals surface area contributed by atoms with Gasteiger partial charge in [-0.1, -0.05) is 23.7 Å². The number of benzene rings is 3. The Bertz CT molecular complexity index is 1270. The number of nitriles is 1. The highest BCUT2D eigenvalue weighted by molar-refractivity contribution is 6.30. The fraction of sp³-hybridized carbons (Fsp3) is 0.222. The van der Waals surface area contributed by atoms with Gasteiger partial charge in [-0.3, -0.25) is 9.59 Å². The summed E-state index contributed by atoms with van der Waals surface area (Å²) < 4.78 is 11.7. The number of nitrogens with one attached hydrogen (secondary N) is 1. The van der Waals surface area contributed by atoms with Crippen molar-refractivity contribution < 1.29 is 24.2 Å². The van der Waals surface area contributed by atoms with Crippen molar-refractivity contribution in [3.63, 3.8) is 0 Å². The van der Waals surface area contributed by atoms with Gasteiger partial charge in [0.05, 0.1) is 17.6 Å². The van der Waals surface area contributed by atoms with Crippen LogP contribution in [0, 0.1) is 11.3 Å².